The third-order valence-corrected chi connectivity index (χ3v) is 3.34. The summed E-state index contributed by atoms with van der Waals surface area (Å²) in [5.74, 6) is 1.09. The van der Waals surface area contributed by atoms with Gasteiger partial charge in [-0.1, -0.05) is 30.3 Å². The van der Waals surface area contributed by atoms with E-state index in [1.165, 1.54) is 0 Å². The maximum atomic E-state index is 9.15. The van der Waals surface area contributed by atoms with Crippen molar-refractivity contribution in [1.29, 1.82) is 5.26 Å². The molecule has 1 aliphatic rings. The zero-order valence-electron chi connectivity index (χ0n) is 11.1. The van der Waals surface area contributed by atoms with Crippen molar-refractivity contribution in [3.63, 3.8) is 0 Å². The topological polar surface area (TPSA) is 53.1 Å². The molecule has 0 bridgehead atoms. The van der Waals surface area contributed by atoms with Crippen LogP contribution in [0.15, 0.2) is 34.7 Å². The van der Waals surface area contributed by atoms with E-state index in [2.05, 4.69) is 16.0 Å². The molecule has 100 valence electrons. The Morgan fingerprint density at radius 2 is 1.90 bits per heavy atom. The summed E-state index contributed by atoms with van der Waals surface area (Å²) in [4.78, 5) is 6.32. The fourth-order valence-electron chi connectivity index (χ4n) is 2.34. The molecule has 1 aliphatic heterocycles. The second-order valence-electron chi connectivity index (χ2n) is 4.76. The molecule has 0 spiro atoms. The molecule has 4 nitrogen and oxygen atoms in total. The first-order chi connectivity index (χ1) is 9.86. The van der Waals surface area contributed by atoms with Crippen molar-refractivity contribution in [1.82, 2.24) is 4.98 Å². The Labute approximate surface area is 118 Å². The quantitative estimate of drug-likeness (QED) is 0.854. The molecular formula is C16H15N3O. The molecule has 0 atom stereocenters. The van der Waals surface area contributed by atoms with Crippen LogP contribution in [0, 0.1) is 11.3 Å². The number of aromatic nitrogens is 1. The van der Waals surface area contributed by atoms with Gasteiger partial charge in [0, 0.05) is 19.2 Å². The third kappa shape index (κ3) is 2.57. The molecule has 0 amide bonds. The van der Waals surface area contributed by atoms with Gasteiger partial charge in [-0.3, -0.25) is 0 Å². The molecule has 1 aromatic heterocycles. The third-order valence-electron chi connectivity index (χ3n) is 3.34. The van der Waals surface area contributed by atoms with Crippen LogP contribution in [0.1, 0.15) is 30.0 Å². The Bertz CT molecular complexity index is 646. The normalized spacial score (nSPS) is 14.8. The summed E-state index contributed by atoms with van der Waals surface area (Å²) in [7, 11) is 0. The molecule has 4 heteroatoms. The van der Waals surface area contributed by atoms with E-state index < -0.39 is 0 Å². The van der Waals surface area contributed by atoms with E-state index in [4.69, 9.17) is 9.68 Å². The van der Waals surface area contributed by atoms with Crippen LogP contribution in [0.3, 0.4) is 0 Å². The molecule has 20 heavy (non-hydrogen) atoms. The monoisotopic (exact) mass is 265 g/mol. The summed E-state index contributed by atoms with van der Waals surface area (Å²) in [6.07, 6.45) is 6.01. The minimum atomic E-state index is 0.375. The molecule has 0 aliphatic carbocycles. The van der Waals surface area contributed by atoms with Crippen molar-refractivity contribution >= 4 is 18.0 Å². The van der Waals surface area contributed by atoms with Crippen LogP contribution in [0.4, 0.5) is 5.88 Å². The average Bonchev–Trinajstić information content (AvgIpc) is 3.15. The molecule has 1 aromatic carbocycles. The van der Waals surface area contributed by atoms with Crippen LogP contribution >= 0.6 is 0 Å². The van der Waals surface area contributed by atoms with Crippen molar-refractivity contribution in [2.24, 2.45) is 0 Å². The van der Waals surface area contributed by atoms with E-state index in [0.29, 0.717) is 17.5 Å². The van der Waals surface area contributed by atoms with E-state index in [1.54, 1.807) is 6.08 Å². The van der Waals surface area contributed by atoms with Crippen molar-refractivity contribution < 1.29 is 4.42 Å². The van der Waals surface area contributed by atoms with Crippen molar-refractivity contribution in [2.45, 2.75) is 12.8 Å². The van der Waals surface area contributed by atoms with E-state index >= 15 is 0 Å². The van der Waals surface area contributed by atoms with Crippen LogP contribution in [0.25, 0.3) is 12.2 Å². The summed E-state index contributed by atoms with van der Waals surface area (Å²) in [5, 5.41) is 9.15. The van der Waals surface area contributed by atoms with Gasteiger partial charge in [0.15, 0.2) is 0 Å². The number of hydrogen-bond acceptors (Lipinski definition) is 4. The van der Waals surface area contributed by atoms with Crippen LogP contribution < -0.4 is 4.90 Å². The summed E-state index contributed by atoms with van der Waals surface area (Å²) in [6.45, 7) is 1.87. The Kier molecular flexibility index (Phi) is 3.51. The van der Waals surface area contributed by atoms with Gasteiger partial charge >= 0.3 is 0 Å². The number of nitrogens with zero attached hydrogens (tertiary/aromatic N) is 3. The van der Waals surface area contributed by atoms with Crippen molar-refractivity contribution in [3.8, 4) is 6.07 Å². The zero-order valence-corrected chi connectivity index (χ0v) is 11.1. The van der Waals surface area contributed by atoms with Gasteiger partial charge < -0.3 is 9.32 Å². The highest BCUT2D eigenvalue weighted by molar-refractivity contribution is 5.67. The molecular weight excluding hydrogens is 250 g/mol. The number of benzene rings is 1. The fraction of sp³-hybridized carbons (Fsp3) is 0.250. The van der Waals surface area contributed by atoms with E-state index in [-0.39, 0.29) is 0 Å². The number of anilines is 1. The molecule has 1 saturated heterocycles. The number of hydrogen-bond donors (Lipinski definition) is 0. The Balaban J connectivity index is 1.84. The first-order valence-corrected chi connectivity index (χ1v) is 6.76. The van der Waals surface area contributed by atoms with Gasteiger partial charge in [-0.15, -0.1) is 0 Å². The lowest BCUT2D eigenvalue weighted by Gasteiger charge is -2.12. The van der Waals surface area contributed by atoms with Crippen LogP contribution in [-0.4, -0.2) is 18.1 Å². The molecule has 0 radical (unpaired) electrons. The smallest absolute Gasteiger partial charge is 0.235 e. The second kappa shape index (κ2) is 5.62. The molecule has 0 saturated carbocycles. The summed E-state index contributed by atoms with van der Waals surface area (Å²) in [5.41, 5.74) is 1.45. The van der Waals surface area contributed by atoms with Gasteiger partial charge in [0.2, 0.25) is 17.5 Å². The van der Waals surface area contributed by atoms with Crippen LogP contribution in [0.2, 0.25) is 0 Å². The Morgan fingerprint density at radius 3 is 2.60 bits per heavy atom. The lowest BCUT2D eigenvalue weighted by atomic mass is 10.2. The van der Waals surface area contributed by atoms with Gasteiger partial charge in [-0.25, -0.2) is 0 Å². The van der Waals surface area contributed by atoms with Crippen molar-refractivity contribution in [2.75, 3.05) is 18.0 Å². The Hall–Kier alpha value is -2.54. The number of oxazole rings is 1. The molecule has 0 N–H and O–H groups in total. The zero-order chi connectivity index (χ0) is 13.8. The first kappa shape index (κ1) is 12.5. The highest BCUT2D eigenvalue weighted by atomic mass is 16.4. The largest absolute Gasteiger partial charge is 0.420 e. The Morgan fingerprint density at radius 1 is 1.15 bits per heavy atom. The lowest BCUT2D eigenvalue weighted by Crippen LogP contribution is -2.17. The molecule has 1 fully saturated rings. The van der Waals surface area contributed by atoms with E-state index in [0.717, 1.165) is 31.5 Å². The van der Waals surface area contributed by atoms with E-state index in [9.17, 15) is 0 Å². The van der Waals surface area contributed by atoms with Gasteiger partial charge in [-0.05, 0) is 24.5 Å². The lowest BCUT2D eigenvalue weighted by molar-refractivity contribution is 0.538. The SMILES string of the molecule is N#Cc1nc(/C=C/c2ccccc2)oc1N1CCCC1. The van der Waals surface area contributed by atoms with E-state index in [1.807, 2.05) is 36.4 Å². The van der Waals surface area contributed by atoms with Gasteiger partial charge in [-0.2, -0.15) is 10.2 Å². The van der Waals surface area contributed by atoms with Crippen LogP contribution in [0.5, 0.6) is 0 Å². The molecule has 2 heterocycles. The number of nitriles is 1. The predicted molar refractivity (Wildman–Crippen MR) is 78.0 cm³/mol. The minimum absolute atomic E-state index is 0.375. The minimum Gasteiger partial charge on any atom is -0.420 e. The highest BCUT2D eigenvalue weighted by Gasteiger charge is 2.21. The highest BCUT2D eigenvalue weighted by Crippen LogP contribution is 2.26. The predicted octanol–water partition coefficient (Wildman–Crippen LogP) is 3.32. The first-order valence-electron chi connectivity index (χ1n) is 6.76. The fourth-order valence-corrected chi connectivity index (χ4v) is 2.34. The summed E-state index contributed by atoms with van der Waals surface area (Å²) in [6, 6.07) is 12.1. The molecule has 0 unspecified atom stereocenters. The molecule has 3 rings (SSSR count). The second-order valence-corrected chi connectivity index (χ2v) is 4.76. The summed E-state index contributed by atoms with van der Waals surface area (Å²) < 4.78 is 5.72. The van der Waals surface area contributed by atoms with Gasteiger partial charge in [0.1, 0.15) is 6.07 Å². The van der Waals surface area contributed by atoms with Gasteiger partial charge in [0.25, 0.3) is 0 Å². The van der Waals surface area contributed by atoms with Crippen molar-refractivity contribution in [3.05, 3.63) is 47.5 Å². The maximum absolute atomic E-state index is 9.15. The molecule has 2 aromatic rings. The summed E-state index contributed by atoms with van der Waals surface area (Å²) >= 11 is 0. The number of rotatable bonds is 3. The van der Waals surface area contributed by atoms with Crippen LogP contribution in [-0.2, 0) is 0 Å². The standard InChI is InChI=1S/C16H15N3O/c17-12-14-16(19-10-4-5-11-19)20-15(18-14)9-8-13-6-2-1-3-7-13/h1-3,6-9H,4-5,10-11H2/b9-8+. The van der Waals surface area contributed by atoms with Gasteiger partial charge in [0.05, 0.1) is 0 Å². The average molecular weight is 265 g/mol. The maximum Gasteiger partial charge on any atom is 0.235 e.